The number of aryl methyl sites for hydroxylation is 2. The van der Waals surface area contributed by atoms with Crippen molar-refractivity contribution in [2.45, 2.75) is 6.92 Å². The lowest BCUT2D eigenvalue weighted by atomic mass is 10.1. The zero-order valence-corrected chi connectivity index (χ0v) is 15.2. The number of carbonyl (C=O) groups excluding carboxylic acids is 1. The van der Waals surface area contributed by atoms with Crippen molar-refractivity contribution in [1.82, 2.24) is 19.7 Å². The summed E-state index contributed by atoms with van der Waals surface area (Å²) in [6.45, 7) is 5.91. The van der Waals surface area contributed by atoms with Crippen LogP contribution < -0.4 is 10.2 Å². The second-order valence-corrected chi connectivity index (χ2v) is 6.82. The van der Waals surface area contributed by atoms with Crippen LogP contribution in [0.5, 0.6) is 0 Å². The Bertz CT molecular complexity index is 919. The number of aromatic amines is 1. The molecule has 7 heteroatoms. The van der Waals surface area contributed by atoms with Gasteiger partial charge >= 0.3 is 0 Å². The maximum atomic E-state index is 12.3. The van der Waals surface area contributed by atoms with Crippen LogP contribution in [0, 0.1) is 6.92 Å². The maximum absolute atomic E-state index is 12.3. The molecule has 3 heterocycles. The van der Waals surface area contributed by atoms with Gasteiger partial charge in [0.2, 0.25) is 5.91 Å². The smallest absolute Gasteiger partial charge is 0.239 e. The number of benzene rings is 1. The summed E-state index contributed by atoms with van der Waals surface area (Å²) in [6.07, 6.45) is 1.98. The molecule has 1 aliphatic rings. The molecule has 26 heavy (non-hydrogen) atoms. The Balaban J connectivity index is 1.34. The lowest BCUT2D eigenvalue weighted by molar-refractivity contribution is -0.117. The summed E-state index contributed by atoms with van der Waals surface area (Å²) < 4.78 is 1.70. The molecule has 0 aliphatic carbocycles. The van der Waals surface area contributed by atoms with Gasteiger partial charge in [-0.25, -0.2) is 0 Å². The largest absolute Gasteiger partial charge is 0.368 e. The number of aromatic nitrogens is 3. The molecule has 0 bridgehead atoms. The summed E-state index contributed by atoms with van der Waals surface area (Å²) in [5, 5.41) is 8.45. The number of hydrogen-bond acceptors (Lipinski definition) is 4. The highest BCUT2D eigenvalue weighted by Crippen LogP contribution is 2.26. The van der Waals surface area contributed by atoms with E-state index in [-0.39, 0.29) is 5.91 Å². The predicted molar refractivity (Wildman–Crippen MR) is 104 cm³/mol. The van der Waals surface area contributed by atoms with Crippen molar-refractivity contribution >= 4 is 28.3 Å². The highest BCUT2D eigenvalue weighted by Gasteiger charge is 2.21. The van der Waals surface area contributed by atoms with Gasteiger partial charge in [0.25, 0.3) is 0 Å². The van der Waals surface area contributed by atoms with Crippen LogP contribution in [0.15, 0.2) is 36.5 Å². The zero-order chi connectivity index (χ0) is 18.1. The topological polar surface area (TPSA) is 69.2 Å². The second kappa shape index (κ2) is 6.84. The molecule has 0 saturated carbocycles. The van der Waals surface area contributed by atoms with Crippen LogP contribution in [0.2, 0.25) is 0 Å². The van der Waals surface area contributed by atoms with Crippen molar-refractivity contribution in [3.05, 3.63) is 42.2 Å². The molecule has 0 radical (unpaired) electrons. The summed E-state index contributed by atoms with van der Waals surface area (Å²) in [7, 11) is 1.84. The highest BCUT2D eigenvalue weighted by atomic mass is 16.2. The molecule has 136 valence electrons. The van der Waals surface area contributed by atoms with E-state index in [4.69, 9.17) is 0 Å². The molecule has 1 aliphatic heterocycles. The molecule has 3 aromatic rings. The Hall–Kier alpha value is -2.80. The van der Waals surface area contributed by atoms with Crippen molar-refractivity contribution in [3.63, 3.8) is 0 Å². The molecule has 0 unspecified atom stereocenters. The molecule has 0 spiro atoms. The van der Waals surface area contributed by atoms with Crippen molar-refractivity contribution in [2.24, 2.45) is 7.05 Å². The van der Waals surface area contributed by atoms with Gasteiger partial charge in [-0.1, -0.05) is 6.07 Å². The van der Waals surface area contributed by atoms with Crippen LogP contribution in [-0.2, 0) is 11.8 Å². The third kappa shape index (κ3) is 3.30. The van der Waals surface area contributed by atoms with Crippen LogP contribution >= 0.6 is 0 Å². The van der Waals surface area contributed by atoms with Gasteiger partial charge in [0.15, 0.2) is 0 Å². The van der Waals surface area contributed by atoms with E-state index in [0.717, 1.165) is 43.2 Å². The number of hydrogen-bond donors (Lipinski definition) is 2. The van der Waals surface area contributed by atoms with Gasteiger partial charge in [-0.05, 0) is 25.1 Å². The predicted octanol–water partition coefficient (Wildman–Crippen LogP) is 1.97. The highest BCUT2D eigenvalue weighted by molar-refractivity contribution is 5.93. The third-order valence-electron chi connectivity index (χ3n) is 4.92. The lowest BCUT2D eigenvalue weighted by Crippen LogP contribution is -2.48. The van der Waals surface area contributed by atoms with E-state index < -0.39 is 0 Å². The van der Waals surface area contributed by atoms with Crippen LogP contribution in [0.4, 0.5) is 11.5 Å². The number of H-pyrrole nitrogens is 1. The Kier molecular flexibility index (Phi) is 4.38. The molecular formula is C19H24N6O. The first-order valence-electron chi connectivity index (χ1n) is 8.94. The van der Waals surface area contributed by atoms with Crippen molar-refractivity contribution in [1.29, 1.82) is 0 Å². The Morgan fingerprint density at radius 1 is 1.23 bits per heavy atom. The summed E-state index contributed by atoms with van der Waals surface area (Å²) in [4.78, 5) is 20.2. The molecule has 2 N–H and O–H groups in total. The minimum atomic E-state index is 0.00851. The lowest BCUT2D eigenvalue weighted by Gasteiger charge is -2.36. The maximum Gasteiger partial charge on any atom is 0.239 e. The van der Waals surface area contributed by atoms with E-state index in [9.17, 15) is 4.79 Å². The molecular weight excluding hydrogens is 328 g/mol. The van der Waals surface area contributed by atoms with E-state index in [1.54, 1.807) is 4.68 Å². The number of nitrogens with one attached hydrogen (secondary N) is 2. The Morgan fingerprint density at radius 2 is 2.04 bits per heavy atom. The molecule has 2 aromatic heterocycles. The second-order valence-electron chi connectivity index (χ2n) is 6.82. The fourth-order valence-electron chi connectivity index (χ4n) is 3.60. The molecule has 0 atom stereocenters. The van der Waals surface area contributed by atoms with Crippen LogP contribution in [0.1, 0.15) is 5.69 Å². The number of piperazine rings is 1. The van der Waals surface area contributed by atoms with Gasteiger partial charge in [-0.2, -0.15) is 5.10 Å². The standard InChI is InChI=1S/C19H24N6O/c1-14-12-18(23(2)22-14)21-19(26)13-24-8-10-25(11-9-24)17-5-3-4-16-15(17)6-7-20-16/h3-7,12,20H,8-11,13H2,1-2H3,(H,21,26). The van der Waals surface area contributed by atoms with Gasteiger partial charge < -0.3 is 15.2 Å². The Labute approximate surface area is 152 Å². The fraction of sp³-hybridized carbons (Fsp3) is 0.368. The van der Waals surface area contributed by atoms with E-state index in [1.165, 1.54) is 11.1 Å². The molecule has 1 aromatic carbocycles. The Morgan fingerprint density at radius 3 is 2.77 bits per heavy atom. The van der Waals surface area contributed by atoms with Gasteiger partial charge in [0, 0.05) is 62.1 Å². The van der Waals surface area contributed by atoms with Gasteiger partial charge in [0.1, 0.15) is 5.82 Å². The summed E-state index contributed by atoms with van der Waals surface area (Å²) in [6, 6.07) is 10.4. The first kappa shape index (κ1) is 16.7. The van der Waals surface area contributed by atoms with Crippen molar-refractivity contribution < 1.29 is 4.79 Å². The zero-order valence-electron chi connectivity index (χ0n) is 15.2. The van der Waals surface area contributed by atoms with Gasteiger partial charge in [0.05, 0.1) is 12.2 Å². The molecule has 4 rings (SSSR count). The third-order valence-corrected chi connectivity index (χ3v) is 4.92. The van der Waals surface area contributed by atoms with Crippen molar-refractivity contribution in [3.8, 4) is 0 Å². The minimum Gasteiger partial charge on any atom is -0.368 e. The van der Waals surface area contributed by atoms with E-state index >= 15 is 0 Å². The van der Waals surface area contributed by atoms with E-state index in [1.807, 2.05) is 26.2 Å². The van der Waals surface area contributed by atoms with E-state index in [2.05, 4.69) is 49.5 Å². The average Bonchev–Trinajstić information content (AvgIpc) is 3.21. The molecule has 1 fully saturated rings. The van der Waals surface area contributed by atoms with Crippen LogP contribution in [0.3, 0.4) is 0 Å². The number of amides is 1. The SMILES string of the molecule is Cc1cc(NC(=O)CN2CCN(c3cccc4[nH]ccc34)CC2)n(C)n1. The first-order valence-corrected chi connectivity index (χ1v) is 8.94. The normalized spacial score (nSPS) is 15.5. The summed E-state index contributed by atoms with van der Waals surface area (Å²) in [5.74, 6) is 0.749. The molecule has 1 saturated heterocycles. The van der Waals surface area contributed by atoms with Crippen molar-refractivity contribution in [2.75, 3.05) is 42.9 Å². The molecule has 1 amide bonds. The first-order chi connectivity index (χ1) is 12.6. The monoisotopic (exact) mass is 352 g/mol. The molecule has 7 nitrogen and oxygen atoms in total. The fourth-order valence-corrected chi connectivity index (χ4v) is 3.60. The number of rotatable bonds is 4. The number of nitrogens with zero attached hydrogens (tertiary/aromatic N) is 4. The summed E-state index contributed by atoms with van der Waals surface area (Å²) in [5.41, 5.74) is 3.32. The van der Waals surface area contributed by atoms with Crippen LogP contribution in [0.25, 0.3) is 10.9 Å². The van der Waals surface area contributed by atoms with E-state index in [0.29, 0.717) is 6.54 Å². The number of carbonyl (C=O) groups is 1. The summed E-state index contributed by atoms with van der Waals surface area (Å²) >= 11 is 0. The minimum absolute atomic E-state index is 0.00851. The number of fused-ring (bicyclic) bond motifs is 1. The quantitative estimate of drug-likeness (QED) is 0.753. The average molecular weight is 352 g/mol. The van der Waals surface area contributed by atoms with Crippen LogP contribution in [-0.4, -0.2) is 58.3 Å². The number of anilines is 2. The van der Waals surface area contributed by atoms with Gasteiger partial charge in [-0.15, -0.1) is 0 Å². The van der Waals surface area contributed by atoms with Gasteiger partial charge in [-0.3, -0.25) is 14.4 Å².